The quantitative estimate of drug-likeness (QED) is 0.0342. The number of rotatable bonds is 15. The summed E-state index contributed by atoms with van der Waals surface area (Å²) in [6, 6.07) is 35.4. The summed E-state index contributed by atoms with van der Waals surface area (Å²) in [6.07, 6.45) is 18.1. The summed E-state index contributed by atoms with van der Waals surface area (Å²) in [4.78, 5) is 186. The first kappa shape index (κ1) is 90.4. The fraction of sp³-hybridized carbons (Fsp3) is 0.318. The topological polar surface area (TPSA) is 541 Å². The van der Waals surface area contributed by atoms with Crippen LogP contribution >= 0.6 is 0 Å². The van der Waals surface area contributed by atoms with E-state index in [-0.39, 0.29) is 86.8 Å². The Morgan fingerprint density at radius 1 is 0.328 bits per heavy atom. The molecule has 34 nitrogen and oxygen atoms in total. The number of ketones is 1. The summed E-state index contributed by atoms with van der Waals surface area (Å²) in [5.74, 6) is -7.11. The molecular formula is C85H100N20O14. The lowest BCUT2D eigenvalue weighted by molar-refractivity contribution is -0.146. The molecule has 624 valence electrons. The number of likely N-dealkylation sites (tertiary alicyclic amines) is 3. The summed E-state index contributed by atoms with van der Waals surface area (Å²) in [7, 11) is 0. The Bertz CT molecular complexity index is 4840. The van der Waals surface area contributed by atoms with Gasteiger partial charge in [-0.25, -0.2) is 0 Å². The number of nitrogens with two attached hydrogens (primary N) is 6. The van der Waals surface area contributed by atoms with Crippen LogP contribution in [0.5, 0.6) is 0 Å². The van der Waals surface area contributed by atoms with Gasteiger partial charge in [0.25, 0.3) is 5.91 Å². The second-order valence-corrected chi connectivity index (χ2v) is 29.7. The number of anilines is 8. The molecule has 8 heterocycles. The number of primary amides is 4. The van der Waals surface area contributed by atoms with E-state index in [9.17, 15) is 67.1 Å². The smallest absolute Gasteiger partial charge is 0.313 e. The molecule has 0 saturated carbocycles. The summed E-state index contributed by atoms with van der Waals surface area (Å²) < 4.78 is 0. The molecule has 12 rings (SSSR count). The van der Waals surface area contributed by atoms with Crippen LogP contribution in [0.4, 0.5) is 45.5 Å². The number of aromatic nitrogens is 4. The Balaban J connectivity index is 0.000000191. The molecule has 0 radical (unpaired) electrons. The number of benzene rings is 4. The molecule has 4 saturated heterocycles. The van der Waals surface area contributed by atoms with Crippen LogP contribution in [0.3, 0.4) is 0 Å². The van der Waals surface area contributed by atoms with Crippen LogP contribution in [-0.2, 0) is 47.9 Å². The van der Waals surface area contributed by atoms with Crippen molar-refractivity contribution in [3.63, 3.8) is 0 Å². The second-order valence-electron chi connectivity index (χ2n) is 29.7. The molecule has 2 unspecified atom stereocenters. The van der Waals surface area contributed by atoms with Crippen LogP contribution in [0.1, 0.15) is 188 Å². The fourth-order valence-corrected chi connectivity index (χ4v) is 13.6. The average Bonchev–Trinajstić information content (AvgIpc) is 0.811. The Labute approximate surface area is 687 Å². The van der Waals surface area contributed by atoms with Crippen molar-refractivity contribution in [3.05, 3.63) is 215 Å². The summed E-state index contributed by atoms with van der Waals surface area (Å²) >= 11 is 0. The number of Topliss-reactive ketones (excluding diaryl/α,β-unsaturated/α-hetero) is 1. The molecule has 4 aliphatic heterocycles. The lowest BCUT2D eigenvalue weighted by Gasteiger charge is -2.38. The van der Waals surface area contributed by atoms with E-state index in [1.807, 2.05) is 62.4 Å². The number of hydrogen-bond acceptors (Lipinski definition) is 21. The highest BCUT2D eigenvalue weighted by Gasteiger charge is 2.38. The number of nitrogens with zero attached hydrogens (tertiary/aromatic N) is 7. The zero-order chi connectivity index (χ0) is 86.7. The maximum Gasteiger partial charge on any atom is 0.313 e. The number of carbonyl (C=O) groups is 14. The molecule has 0 bridgehead atoms. The van der Waals surface area contributed by atoms with Gasteiger partial charge in [-0.05, 0) is 177 Å². The molecule has 0 aliphatic carbocycles. The zero-order valence-electron chi connectivity index (χ0n) is 67.1. The van der Waals surface area contributed by atoms with Crippen molar-refractivity contribution in [2.75, 3.05) is 69.5 Å². The number of carbonyl (C=O) groups excluding carboxylic acids is 14. The number of piperidine rings is 4. The third-order valence-corrected chi connectivity index (χ3v) is 19.8. The molecule has 8 aromatic rings. The van der Waals surface area contributed by atoms with E-state index in [1.165, 1.54) is 106 Å². The molecule has 4 aromatic carbocycles. The van der Waals surface area contributed by atoms with Gasteiger partial charge in [0.2, 0.25) is 41.2 Å². The average molecular weight is 1630 g/mol. The standard InChI is InChI=1S/2C22H25N5O4.C20H23N5O3.C12H18N2.C9H9N3O3/c2*1-13-3-8-19(15-4-6-17(7-5-15)25-14(2)28)27(12-13)22(31)21(30)26-18-9-16(20(23)29)10-24-11-18;1-12-2-7-17(13-3-5-15(21)6-4-13)25(11-12)20(28)19(27)24-16-8-14(18(22)26)9-23-10-16;1-9-2-7-12(14-8-9)10-3-5-11(13)6-4-10;1-5(13)9(15)12-7-2-6(8(10)14)3-11-4-7/h2*4-7,9-11,13,19H,3,8,12H2,1-2H3,(H2,23,29)(H,25,28)(H,26,30);3-6,8-10,12,17H,2,7,11,21H2,1H3,(H2,22,26)(H,24,27);3-6,9,12,14H,2,7-8,13H2,1H3;2-4H,1H3,(H2,10,14)(H,12,15)/t2*13-,19+;12-,17+;;/m000../s1. The molecule has 119 heavy (non-hydrogen) atoms. The summed E-state index contributed by atoms with van der Waals surface area (Å²) in [5, 5.41) is 18.8. The van der Waals surface area contributed by atoms with Crippen LogP contribution in [-0.4, -0.2) is 143 Å². The summed E-state index contributed by atoms with van der Waals surface area (Å²) in [5.41, 5.74) is 40.5. The van der Waals surface area contributed by atoms with Gasteiger partial charge in [-0.15, -0.1) is 0 Å². The first-order chi connectivity index (χ1) is 56.6. The predicted octanol–water partition coefficient (Wildman–Crippen LogP) is 7.89. The Morgan fingerprint density at radius 3 is 0.857 bits per heavy atom. The van der Waals surface area contributed by atoms with Crippen molar-refractivity contribution in [2.45, 2.75) is 124 Å². The first-order valence-electron chi connectivity index (χ1n) is 38.5. The number of amides is 13. The maximum atomic E-state index is 13.0. The van der Waals surface area contributed by atoms with Gasteiger partial charge in [0.15, 0.2) is 0 Å². The highest BCUT2D eigenvalue weighted by atomic mass is 16.2. The molecule has 34 heteroatoms. The van der Waals surface area contributed by atoms with Crippen LogP contribution < -0.4 is 71.6 Å². The third kappa shape index (κ3) is 27.2. The molecule has 13 amide bonds. The molecule has 4 fully saturated rings. The highest BCUT2D eigenvalue weighted by Crippen LogP contribution is 2.38. The van der Waals surface area contributed by atoms with Gasteiger partial charge in [-0.2, -0.15) is 0 Å². The fourth-order valence-electron chi connectivity index (χ4n) is 13.6. The Hall–Kier alpha value is -14.2. The number of hydrogen-bond donors (Lipinski definition) is 13. The maximum absolute atomic E-state index is 13.0. The van der Waals surface area contributed by atoms with E-state index in [0.717, 1.165) is 80.3 Å². The van der Waals surface area contributed by atoms with Gasteiger partial charge >= 0.3 is 35.4 Å². The molecule has 4 aliphatic rings. The van der Waals surface area contributed by atoms with Crippen LogP contribution in [0.2, 0.25) is 0 Å². The zero-order valence-corrected chi connectivity index (χ0v) is 67.1. The van der Waals surface area contributed by atoms with Gasteiger partial charge in [-0.3, -0.25) is 87.1 Å². The van der Waals surface area contributed by atoms with Crippen molar-refractivity contribution in [1.82, 2.24) is 40.0 Å². The first-order valence-corrected chi connectivity index (χ1v) is 38.5. The molecular weight excluding hydrogens is 1530 g/mol. The second kappa shape index (κ2) is 43.0. The van der Waals surface area contributed by atoms with Gasteiger partial charge in [0.05, 0.1) is 87.9 Å². The van der Waals surface area contributed by atoms with Gasteiger partial charge in [0.1, 0.15) is 0 Å². The van der Waals surface area contributed by atoms with E-state index >= 15 is 0 Å². The SMILES string of the molecule is CC(=O)C(=O)Nc1cncc(C(N)=O)c1.CC(=O)Nc1ccc([C@H]2CC[C@H](C)CN2C(=O)C(=O)Nc2cncc(C(N)=O)c2)cc1.CC(=O)Nc1ccc([C@H]2CC[C@H](C)CN2C(=O)C(=O)Nc2cncc(C(N)=O)c2)cc1.CC1CCC(c2ccc(N)cc2)NC1.C[C@H]1CC[C@H](c2ccc(N)cc2)N(C(=O)C(=O)Nc2cncc(C(N)=O)c2)C1. The van der Waals surface area contributed by atoms with Crippen molar-refractivity contribution >= 4 is 128 Å². The van der Waals surface area contributed by atoms with Gasteiger partial charge in [-0.1, -0.05) is 76.2 Å². The number of pyridine rings is 4. The largest absolute Gasteiger partial charge is 0.399 e. The van der Waals surface area contributed by atoms with E-state index in [4.69, 9.17) is 34.4 Å². The third-order valence-electron chi connectivity index (χ3n) is 19.8. The lowest BCUT2D eigenvalue weighted by Crippen LogP contribution is -2.46. The minimum atomic E-state index is -0.808. The van der Waals surface area contributed by atoms with Gasteiger partial charge in [0, 0.05) is 94.0 Å². The van der Waals surface area contributed by atoms with Crippen LogP contribution in [0.25, 0.3) is 0 Å². The van der Waals surface area contributed by atoms with Crippen molar-refractivity contribution in [1.29, 1.82) is 0 Å². The van der Waals surface area contributed by atoms with Crippen LogP contribution in [0.15, 0.2) is 171 Å². The van der Waals surface area contributed by atoms with Crippen molar-refractivity contribution in [2.24, 2.45) is 46.6 Å². The number of nitrogen functional groups attached to an aromatic ring is 2. The van der Waals surface area contributed by atoms with E-state index in [0.29, 0.717) is 48.7 Å². The normalized spacial score (nSPS) is 18.4. The van der Waals surface area contributed by atoms with E-state index in [2.05, 4.69) is 83.1 Å². The predicted molar refractivity (Wildman–Crippen MR) is 447 cm³/mol. The monoisotopic (exact) mass is 1620 g/mol. The summed E-state index contributed by atoms with van der Waals surface area (Å²) in [6.45, 7) is 15.0. The minimum Gasteiger partial charge on any atom is -0.399 e. The lowest BCUT2D eigenvalue weighted by atomic mass is 9.89. The molecule has 19 N–H and O–H groups in total. The van der Waals surface area contributed by atoms with E-state index < -0.39 is 70.8 Å². The van der Waals surface area contributed by atoms with Crippen molar-refractivity contribution in [3.8, 4) is 0 Å². The highest BCUT2D eigenvalue weighted by molar-refractivity contribution is 6.41. The molecule has 0 spiro atoms. The van der Waals surface area contributed by atoms with E-state index in [1.54, 1.807) is 51.1 Å². The molecule has 4 aromatic heterocycles. The Morgan fingerprint density at radius 2 is 0.597 bits per heavy atom. The minimum absolute atomic E-state index is 0.133. The molecule has 8 atom stereocenters. The van der Waals surface area contributed by atoms with Crippen LogP contribution in [0, 0.1) is 23.7 Å². The van der Waals surface area contributed by atoms with Crippen molar-refractivity contribution < 1.29 is 67.1 Å². The Kier molecular flexibility index (Phi) is 32.6. The number of nitrogens with one attached hydrogen (secondary N) is 7. The van der Waals surface area contributed by atoms with Gasteiger partial charge < -0.3 is 86.3 Å².